The van der Waals surface area contributed by atoms with Gasteiger partial charge in [0.15, 0.2) is 0 Å². The number of benzene rings is 1. The standard InChI is InChI=1S/C20H23FN2O2S/c21-17-6-2-1-5-16(17)18-7-8-19(26-18)20(24)23-11-9-22(10-12-23)14-15-4-3-13-25-15/h1-2,5-8,15H,3-4,9-14H2. The fourth-order valence-electron chi connectivity index (χ4n) is 3.62. The maximum absolute atomic E-state index is 13.9. The molecule has 138 valence electrons. The van der Waals surface area contributed by atoms with Gasteiger partial charge < -0.3 is 9.64 Å². The third-order valence-corrected chi connectivity index (χ3v) is 6.21. The summed E-state index contributed by atoms with van der Waals surface area (Å²) >= 11 is 1.36. The van der Waals surface area contributed by atoms with E-state index in [-0.39, 0.29) is 11.7 Å². The van der Waals surface area contributed by atoms with Gasteiger partial charge in [-0.25, -0.2) is 4.39 Å². The van der Waals surface area contributed by atoms with E-state index in [1.807, 2.05) is 23.1 Å². The van der Waals surface area contributed by atoms with E-state index in [9.17, 15) is 9.18 Å². The molecular weight excluding hydrogens is 351 g/mol. The first-order valence-corrected chi connectivity index (χ1v) is 10.0. The monoisotopic (exact) mass is 374 g/mol. The molecule has 0 bridgehead atoms. The van der Waals surface area contributed by atoms with Crippen molar-refractivity contribution in [2.75, 3.05) is 39.3 Å². The molecule has 1 aromatic carbocycles. The molecule has 6 heteroatoms. The van der Waals surface area contributed by atoms with E-state index in [1.165, 1.54) is 17.4 Å². The zero-order valence-corrected chi connectivity index (χ0v) is 15.5. The number of rotatable bonds is 4. The second-order valence-corrected chi connectivity index (χ2v) is 7.96. The van der Waals surface area contributed by atoms with Gasteiger partial charge in [-0.3, -0.25) is 9.69 Å². The smallest absolute Gasteiger partial charge is 0.264 e. The highest BCUT2D eigenvalue weighted by atomic mass is 32.1. The van der Waals surface area contributed by atoms with E-state index in [0.717, 1.165) is 57.0 Å². The summed E-state index contributed by atoms with van der Waals surface area (Å²) in [6, 6.07) is 10.3. The fourth-order valence-corrected chi connectivity index (χ4v) is 4.63. The van der Waals surface area contributed by atoms with Gasteiger partial charge in [-0.1, -0.05) is 18.2 Å². The number of hydrogen-bond donors (Lipinski definition) is 0. The molecule has 2 fully saturated rings. The molecule has 0 aliphatic carbocycles. The maximum Gasteiger partial charge on any atom is 0.264 e. The molecule has 2 aromatic rings. The van der Waals surface area contributed by atoms with Crippen LogP contribution >= 0.6 is 11.3 Å². The molecule has 26 heavy (non-hydrogen) atoms. The molecule has 1 atom stereocenters. The predicted octanol–water partition coefficient (Wildman–Crippen LogP) is 3.49. The number of hydrogen-bond acceptors (Lipinski definition) is 4. The van der Waals surface area contributed by atoms with E-state index in [4.69, 9.17) is 4.74 Å². The van der Waals surface area contributed by atoms with Gasteiger partial charge in [0.2, 0.25) is 0 Å². The number of amides is 1. The molecule has 1 unspecified atom stereocenters. The van der Waals surface area contributed by atoms with Crippen LogP contribution in [-0.4, -0.2) is 61.1 Å². The van der Waals surface area contributed by atoms with Gasteiger partial charge in [0, 0.05) is 49.8 Å². The Hall–Kier alpha value is -1.76. The van der Waals surface area contributed by atoms with Gasteiger partial charge in [-0.15, -0.1) is 11.3 Å². The first kappa shape index (κ1) is 17.6. The molecule has 4 rings (SSSR count). The summed E-state index contributed by atoms with van der Waals surface area (Å²) in [6.45, 7) is 5.09. The third-order valence-electron chi connectivity index (χ3n) is 5.10. The molecule has 1 aromatic heterocycles. The van der Waals surface area contributed by atoms with E-state index in [2.05, 4.69) is 4.90 Å². The number of piperazine rings is 1. The molecule has 4 nitrogen and oxygen atoms in total. The van der Waals surface area contributed by atoms with Crippen molar-refractivity contribution >= 4 is 17.2 Å². The second-order valence-electron chi connectivity index (χ2n) is 6.87. The van der Waals surface area contributed by atoms with Crippen molar-refractivity contribution in [3.63, 3.8) is 0 Å². The van der Waals surface area contributed by atoms with Crippen molar-refractivity contribution in [1.29, 1.82) is 0 Å². The minimum atomic E-state index is -0.254. The van der Waals surface area contributed by atoms with Crippen molar-refractivity contribution in [1.82, 2.24) is 9.80 Å². The normalized spacial score (nSPS) is 21.3. The molecule has 0 N–H and O–H groups in total. The summed E-state index contributed by atoms with van der Waals surface area (Å²) in [4.78, 5) is 18.5. The van der Waals surface area contributed by atoms with Gasteiger partial charge in [0.25, 0.3) is 5.91 Å². The molecular formula is C20H23FN2O2S. The van der Waals surface area contributed by atoms with Crippen LogP contribution in [0.15, 0.2) is 36.4 Å². The lowest BCUT2D eigenvalue weighted by molar-refractivity contribution is 0.0435. The van der Waals surface area contributed by atoms with Crippen LogP contribution < -0.4 is 0 Å². The molecule has 0 radical (unpaired) electrons. The van der Waals surface area contributed by atoms with Crippen molar-refractivity contribution < 1.29 is 13.9 Å². The van der Waals surface area contributed by atoms with Gasteiger partial charge in [-0.2, -0.15) is 0 Å². The van der Waals surface area contributed by atoms with E-state index in [1.54, 1.807) is 12.1 Å². The van der Waals surface area contributed by atoms with Crippen LogP contribution in [-0.2, 0) is 4.74 Å². The molecule has 0 saturated carbocycles. The zero-order valence-electron chi connectivity index (χ0n) is 14.7. The van der Waals surface area contributed by atoms with Crippen LogP contribution in [0.1, 0.15) is 22.5 Å². The first-order chi connectivity index (χ1) is 12.7. The predicted molar refractivity (Wildman–Crippen MR) is 101 cm³/mol. The maximum atomic E-state index is 13.9. The average molecular weight is 374 g/mol. The summed E-state index contributed by atoms with van der Waals surface area (Å²) in [5.41, 5.74) is 0.554. The molecule has 0 spiro atoms. The minimum Gasteiger partial charge on any atom is -0.377 e. The Balaban J connectivity index is 1.36. The fraction of sp³-hybridized carbons (Fsp3) is 0.450. The van der Waals surface area contributed by atoms with Crippen molar-refractivity contribution in [3.05, 3.63) is 47.1 Å². The Morgan fingerprint density at radius 1 is 1.15 bits per heavy atom. The van der Waals surface area contributed by atoms with E-state index in [0.29, 0.717) is 16.5 Å². The molecule has 3 heterocycles. The summed E-state index contributed by atoms with van der Waals surface area (Å²) in [7, 11) is 0. The summed E-state index contributed by atoms with van der Waals surface area (Å²) in [6.07, 6.45) is 2.66. The summed E-state index contributed by atoms with van der Waals surface area (Å²) in [5.74, 6) is -0.203. The lowest BCUT2D eigenvalue weighted by Gasteiger charge is -2.35. The number of halogens is 1. The largest absolute Gasteiger partial charge is 0.377 e. The van der Waals surface area contributed by atoms with Crippen LogP contribution in [0.5, 0.6) is 0 Å². The van der Waals surface area contributed by atoms with Crippen LogP contribution in [0.2, 0.25) is 0 Å². The first-order valence-electron chi connectivity index (χ1n) is 9.19. The van der Waals surface area contributed by atoms with Crippen LogP contribution in [0.25, 0.3) is 10.4 Å². The summed E-state index contributed by atoms with van der Waals surface area (Å²) in [5, 5.41) is 0. The molecule has 2 saturated heterocycles. The topological polar surface area (TPSA) is 32.8 Å². The van der Waals surface area contributed by atoms with E-state index < -0.39 is 0 Å². The Bertz CT molecular complexity index is 765. The highest BCUT2D eigenvalue weighted by Crippen LogP contribution is 2.30. The SMILES string of the molecule is O=C(c1ccc(-c2ccccc2F)s1)N1CCN(CC2CCCO2)CC1. The van der Waals surface area contributed by atoms with E-state index >= 15 is 0 Å². The van der Waals surface area contributed by atoms with Gasteiger partial charge >= 0.3 is 0 Å². The second kappa shape index (κ2) is 7.86. The third kappa shape index (κ3) is 3.82. The number of carbonyl (C=O) groups is 1. The summed E-state index contributed by atoms with van der Waals surface area (Å²) < 4.78 is 19.6. The van der Waals surface area contributed by atoms with Crippen molar-refractivity contribution in [2.24, 2.45) is 0 Å². The number of nitrogens with zero attached hydrogens (tertiary/aromatic N) is 2. The number of ether oxygens (including phenoxy) is 1. The Morgan fingerprint density at radius 2 is 1.96 bits per heavy atom. The molecule has 2 aliphatic heterocycles. The molecule has 2 aliphatic rings. The van der Waals surface area contributed by atoms with Crippen LogP contribution in [0.3, 0.4) is 0 Å². The quantitative estimate of drug-likeness (QED) is 0.821. The van der Waals surface area contributed by atoms with Crippen molar-refractivity contribution in [3.8, 4) is 10.4 Å². The highest BCUT2D eigenvalue weighted by molar-refractivity contribution is 7.17. The minimum absolute atomic E-state index is 0.0503. The lowest BCUT2D eigenvalue weighted by Crippen LogP contribution is -2.50. The van der Waals surface area contributed by atoms with Crippen molar-refractivity contribution in [2.45, 2.75) is 18.9 Å². The molecule has 1 amide bonds. The van der Waals surface area contributed by atoms with Gasteiger partial charge in [0.1, 0.15) is 5.82 Å². The Labute approximate surface area is 157 Å². The lowest BCUT2D eigenvalue weighted by atomic mass is 10.2. The Morgan fingerprint density at radius 3 is 2.69 bits per heavy atom. The average Bonchev–Trinajstić information content (AvgIpc) is 3.34. The number of carbonyl (C=O) groups excluding carboxylic acids is 1. The number of thiophene rings is 1. The highest BCUT2D eigenvalue weighted by Gasteiger charge is 2.26. The van der Waals surface area contributed by atoms with Crippen LogP contribution in [0.4, 0.5) is 4.39 Å². The Kier molecular flexibility index (Phi) is 5.33. The van der Waals surface area contributed by atoms with Gasteiger partial charge in [-0.05, 0) is 31.0 Å². The van der Waals surface area contributed by atoms with Gasteiger partial charge in [0.05, 0.1) is 11.0 Å². The van der Waals surface area contributed by atoms with Crippen LogP contribution in [0, 0.1) is 5.82 Å². The zero-order chi connectivity index (χ0) is 17.9.